The zero-order chi connectivity index (χ0) is 18.9. The SMILES string of the molecule is CC(C)CCCC(C)CCc1c(O)cc(CCc2ccccc2)cc1O. The third kappa shape index (κ3) is 6.74. The molecule has 0 radical (unpaired) electrons. The van der Waals surface area contributed by atoms with E-state index in [1.165, 1.54) is 24.8 Å². The molecule has 2 aromatic carbocycles. The minimum absolute atomic E-state index is 0.238. The van der Waals surface area contributed by atoms with Gasteiger partial charge in [-0.05, 0) is 60.8 Å². The zero-order valence-corrected chi connectivity index (χ0v) is 16.5. The number of phenolic OH excluding ortho intramolecular Hbond substituents is 2. The Kier molecular flexibility index (Phi) is 8.03. The molecular weight excluding hydrogens is 320 g/mol. The van der Waals surface area contributed by atoms with Gasteiger partial charge in [0.15, 0.2) is 0 Å². The van der Waals surface area contributed by atoms with Gasteiger partial charge in [-0.1, -0.05) is 70.4 Å². The molecular formula is C24H34O2. The van der Waals surface area contributed by atoms with Gasteiger partial charge in [-0.2, -0.15) is 0 Å². The van der Waals surface area contributed by atoms with E-state index in [0.717, 1.165) is 37.2 Å². The number of benzene rings is 2. The molecule has 0 saturated carbocycles. The molecule has 1 atom stereocenters. The molecule has 0 aliphatic heterocycles. The summed E-state index contributed by atoms with van der Waals surface area (Å²) in [7, 11) is 0. The van der Waals surface area contributed by atoms with Crippen LogP contribution < -0.4 is 0 Å². The Balaban J connectivity index is 1.88. The van der Waals surface area contributed by atoms with Crippen LogP contribution in [0.4, 0.5) is 0 Å². The molecule has 0 amide bonds. The van der Waals surface area contributed by atoms with Gasteiger partial charge in [0.25, 0.3) is 0 Å². The van der Waals surface area contributed by atoms with Crippen molar-refractivity contribution in [3.8, 4) is 11.5 Å². The molecule has 2 aromatic rings. The van der Waals surface area contributed by atoms with Gasteiger partial charge in [-0.25, -0.2) is 0 Å². The third-order valence-electron chi connectivity index (χ3n) is 5.17. The van der Waals surface area contributed by atoms with E-state index in [1.807, 2.05) is 30.3 Å². The molecule has 0 fully saturated rings. The lowest BCUT2D eigenvalue weighted by Gasteiger charge is -2.14. The highest BCUT2D eigenvalue weighted by molar-refractivity contribution is 5.46. The zero-order valence-electron chi connectivity index (χ0n) is 16.5. The Bertz CT molecular complexity index is 638. The van der Waals surface area contributed by atoms with Crippen molar-refractivity contribution in [2.75, 3.05) is 0 Å². The van der Waals surface area contributed by atoms with Crippen molar-refractivity contribution in [2.24, 2.45) is 11.8 Å². The van der Waals surface area contributed by atoms with Crippen LogP contribution in [0.5, 0.6) is 11.5 Å². The van der Waals surface area contributed by atoms with Crippen LogP contribution in [0.2, 0.25) is 0 Å². The van der Waals surface area contributed by atoms with Gasteiger partial charge in [0.2, 0.25) is 0 Å². The van der Waals surface area contributed by atoms with Crippen LogP contribution in [-0.2, 0) is 19.3 Å². The number of aryl methyl sites for hydroxylation is 2. The van der Waals surface area contributed by atoms with E-state index >= 15 is 0 Å². The van der Waals surface area contributed by atoms with Crippen LogP contribution in [0.3, 0.4) is 0 Å². The molecule has 0 heterocycles. The Labute approximate surface area is 158 Å². The standard InChI is InChI=1S/C24H34O2/c1-18(2)8-7-9-19(3)12-15-22-23(25)16-21(17-24(22)26)14-13-20-10-5-4-6-11-20/h4-6,10-11,16-19,25-26H,7-9,12-15H2,1-3H3. The molecule has 0 bridgehead atoms. The first-order chi connectivity index (χ1) is 12.5. The van der Waals surface area contributed by atoms with E-state index in [1.54, 1.807) is 0 Å². The molecule has 2 rings (SSSR count). The monoisotopic (exact) mass is 354 g/mol. The second kappa shape index (κ2) is 10.3. The Morgan fingerprint density at radius 3 is 1.96 bits per heavy atom. The quantitative estimate of drug-likeness (QED) is 0.527. The van der Waals surface area contributed by atoms with Gasteiger partial charge in [0.05, 0.1) is 0 Å². The molecule has 0 aliphatic rings. The van der Waals surface area contributed by atoms with Gasteiger partial charge in [-0.3, -0.25) is 0 Å². The van der Waals surface area contributed by atoms with Crippen molar-refractivity contribution in [2.45, 2.75) is 65.7 Å². The number of hydrogen-bond acceptors (Lipinski definition) is 2. The fourth-order valence-electron chi connectivity index (χ4n) is 3.44. The molecule has 26 heavy (non-hydrogen) atoms. The minimum atomic E-state index is 0.238. The topological polar surface area (TPSA) is 40.5 Å². The molecule has 1 unspecified atom stereocenters. The smallest absolute Gasteiger partial charge is 0.122 e. The Morgan fingerprint density at radius 1 is 0.731 bits per heavy atom. The number of phenols is 2. The molecule has 0 aliphatic carbocycles. The van der Waals surface area contributed by atoms with Crippen LogP contribution in [0.1, 0.15) is 63.1 Å². The van der Waals surface area contributed by atoms with E-state index in [9.17, 15) is 10.2 Å². The first-order valence-corrected chi connectivity index (χ1v) is 10.0. The maximum atomic E-state index is 10.4. The summed E-state index contributed by atoms with van der Waals surface area (Å²) in [5, 5.41) is 20.7. The summed E-state index contributed by atoms with van der Waals surface area (Å²) in [5.41, 5.74) is 2.95. The maximum Gasteiger partial charge on any atom is 0.122 e. The second-order valence-electron chi connectivity index (χ2n) is 8.07. The van der Waals surface area contributed by atoms with E-state index in [2.05, 4.69) is 32.9 Å². The van der Waals surface area contributed by atoms with Crippen LogP contribution in [0.15, 0.2) is 42.5 Å². The summed E-state index contributed by atoms with van der Waals surface area (Å²) in [5.74, 6) is 1.86. The molecule has 0 aromatic heterocycles. The number of aromatic hydroxyl groups is 2. The summed E-state index contributed by atoms with van der Waals surface area (Å²) in [6.45, 7) is 6.79. The maximum absolute atomic E-state index is 10.4. The lowest BCUT2D eigenvalue weighted by molar-refractivity contribution is 0.413. The third-order valence-corrected chi connectivity index (χ3v) is 5.17. The lowest BCUT2D eigenvalue weighted by atomic mass is 9.93. The fourth-order valence-corrected chi connectivity index (χ4v) is 3.44. The average molecular weight is 355 g/mol. The fraction of sp³-hybridized carbons (Fsp3) is 0.500. The van der Waals surface area contributed by atoms with Crippen LogP contribution in [-0.4, -0.2) is 10.2 Å². The van der Waals surface area contributed by atoms with E-state index < -0.39 is 0 Å². The summed E-state index contributed by atoms with van der Waals surface area (Å²) >= 11 is 0. The van der Waals surface area contributed by atoms with E-state index in [-0.39, 0.29) is 11.5 Å². The minimum Gasteiger partial charge on any atom is -0.508 e. The summed E-state index contributed by atoms with van der Waals surface area (Å²) in [6, 6.07) is 13.9. The van der Waals surface area contributed by atoms with Crippen molar-refractivity contribution >= 4 is 0 Å². The number of hydrogen-bond donors (Lipinski definition) is 2. The van der Waals surface area contributed by atoms with E-state index in [4.69, 9.17) is 0 Å². The highest BCUT2D eigenvalue weighted by atomic mass is 16.3. The van der Waals surface area contributed by atoms with E-state index in [0.29, 0.717) is 11.5 Å². The molecule has 2 nitrogen and oxygen atoms in total. The highest BCUT2D eigenvalue weighted by Crippen LogP contribution is 2.32. The van der Waals surface area contributed by atoms with Gasteiger partial charge in [0.1, 0.15) is 11.5 Å². The molecule has 142 valence electrons. The predicted molar refractivity (Wildman–Crippen MR) is 110 cm³/mol. The van der Waals surface area contributed by atoms with Gasteiger partial charge in [0, 0.05) is 5.56 Å². The van der Waals surface area contributed by atoms with Gasteiger partial charge < -0.3 is 10.2 Å². The predicted octanol–water partition coefficient (Wildman–Crippen LogP) is 6.28. The average Bonchev–Trinajstić information content (AvgIpc) is 2.60. The molecule has 2 N–H and O–H groups in total. The summed E-state index contributed by atoms with van der Waals surface area (Å²) < 4.78 is 0. The van der Waals surface area contributed by atoms with Crippen molar-refractivity contribution in [1.82, 2.24) is 0 Å². The van der Waals surface area contributed by atoms with Crippen molar-refractivity contribution in [1.29, 1.82) is 0 Å². The molecule has 0 saturated heterocycles. The van der Waals surface area contributed by atoms with Crippen molar-refractivity contribution < 1.29 is 10.2 Å². The Morgan fingerprint density at radius 2 is 1.35 bits per heavy atom. The van der Waals surface area contributed by atoms with Crippen molar-refractivity contribution in [3.63, 3.8) is 0 Å². The van der Waals surface area contributed by atoms with Crippen LogP contribution in [0, 0.1) is 11.8 Å². The lowest BCUT2D eigenvalue weighted by Crippen LogP contribution is -2.00. The summed E-state index contributed by atoms with van der Waals surface area (Å²) in [4.78, 5) is 0. The molecule has 0 spiro atoms. The van der Waals surface area contributed by atoms with Crippen LogP contribution in [0.25, 0.3) is 0 Å². The van der Waals surface area contributed by atoms with Crippen molar-refractivity contribution in [3.05, 3.63) is 59.2 Å². The number of rotatable bonds is 10. The first kappa shape index (κ1) is 20.4. The van der Waals surface area contributed by atoms with Crippen LogP contribution >= 0.6 is 0 Å². The largest absolute Gasteiger partial charge is 0.508 e. The van der Waals surface area contributed by atoms with Gasteiger partial charge in [-0.15, -0.1) is 0 Å². The van der Waals surface area contributed by atoms with Gasteiger partial charge >= 0.3 is 0 Å². The summed E-state index contributed by atoms with van der Waals surface area (Å²) in [6.07, 6.45) is 7.21. The first-order valence-electron chi connectivity index (χ1n) is 10.0. The second-order valence-corrected chi connectivity index (χ2v) is 8.07. The molecule has 2 heteroatoms. The Hall–Kier alpha value is -1.96. The highest BCUT2D eigenvalue weighted by Gasteiger charge is 2.12. The normalized spacial score (nSPS) is 12.5.